The molecule has 6 aromatic rings. The van der Waals surface area contributed by atoms with Gasteiger partial charge in [0, 0.05) is 28.0 Å². The van der Waals surface area contributed by atoms with Crippen LogP contribution in [0.1, 0.15) is 11.1 Å². The van der Waals surface area contributed by atoms with Crippen molar-refractivity contribution in [3.8, 4) is 22.4 Å². The number of hydrogen-bond acceptors (Lipinski definition) is 3. The summed E-state index contributed by atoms with van der Waals surface area (Å²) in [6.45, 7) is 0.0199. The quantitative estimate of drug-likeness (QED) is 0.234. The lowest BCUT2D eigenvalue weighted by Gasteiger charge is -2.10. The molecular weight excluding hydrogens is 432 g/mol. The van der Waals surface area contributed by atoms with Gasteiger partial charge in [0.05, 0.1) is 23.3 Å². The van der Waals surface area contributed by atoms with Crippen LogP contribution in [0.15, 0.2) is 103 Å². The molecule has 1 N–H and O–H groups in total. The predicted octanol–water partition coefficient (Wildman–Crippen LogP) is 6.68. The molecule has 0 saturated heterocycles. The summed E-state index contributed by atoms with van der Waals surface area (Å²) in [5, 5.41) is 11.7. The van der Waals surface area contributed by atoms with E-state index in [4.69, 9.17) is 4.98 Å². The van der Waals surface area contributed by atoms with Crippen LogP contribution in [-0.2, 0) is 11.4 Å². The van der Waals surface area contributed by atoms with Crippen molar-refractivity contribution in [2.75, 3.05) is 0 Å². The Hall–Kier alpha value is -4.54. The SMILES string of the molecule is O=C/C=C/c1ccc(-c2ccn3c(c2)cc2c4ccccc4nc(-c4ccc(CO)cc4)c23)cc1. The highest BCUT2D eigenvalue weighted by molar-refractivity contribution is 6.12. The standard InChI is InChI=1S/C31H22N2O2/c34-17-3-4-21-7-11-23(12-8-21)25-15-16-33-26(18-25)19-28-27-5-1-2-6-29(27)32-30(31(28)33)24-13-9-22(20-35)10-14-24/h1-19,35H,20H2/b4-3+. The molecule has 3 aromatic carbocycles. The van der Waals surface area contributed by atoms with Crippen LogP contribution >= 0.6 is 0 Å². The molecule has 0 radical (unpaired) electrons. The van der Waals surface area contributed by atoms with E-state index in [-0.39, 0.29) is 6.61 Å². The first-order chi connectivity index (χ1) is 17.2. The van der Waals surface area contributed by atoms with E-state index in [2.05, 4.69) is 53.1 Å². The number of benzene rings is 3. The molecule has 3 heterocycles. The first-order valence-corrected chi connectivity index (χ1v) is 11.5. The van der Waals surface area contributed by atoms with E-state index in [1.165, 1.54) is 6.08 Å². The monoisotopic (exact) mass is 454 g/mol. The first kappa shape index (κ1) is 21.0. The summed E-state index contributed by atoms with van der Waals surface area (Å²) in [5.74, 6) is 0. The predicted molar refractivity (Wildman–Crippen MR) is 142 cm³/mol. The van der Waals surface area contributed by atoms with Crippen molar-refractivity contribution < 1.29 is 9.90 Å². The maximum absolute atomic E-state index is 10.6. The van der Waals surface area contributed by atoms with E-state index in [0.717, 1.165) is 67.1 Å². The summed E-state index contributed by atoms with van der Waals surface area (Å²) >= 11 is 0. The molecule has 4 heteroatoms. The number of rotatable bonds is 5. The summed E-state index contributed by atoms with van der Waals surface area (Å²) in [6, 6.07) is 30.9. The lowest BCUT2D eigenvalue weighted by atomic mass is 10.0. The molecule has 0 aliphatic heterocycles. The maximum atomic E-state index is 10.6. The lowest BCUT2D eigenvalue weighted by Crippen LogP contribution is -1.93. The molecule has 0 amide bonds. The van der Waals surface area contributed by atoms with E-state index >= 15 is 0 Å². The number of para-hydroxylation sites is 1. The summed E-state index contributed by atoms with van der Waals surface area (Å²) in [7, 11) is 0. The third-order valence-electron chi connectivity index (χ3n) is 6.44. The van der Waals surface area contributed by atoms with Gasteiger partial charge in [0.2, 0.25) is 0 Å². The van der Waals surface area contributed by atoms with Crippen LogP contribution in [-0.4, -0.2) is 20.8 Å². The van der Waals surface area contributed by atoms with Crippen molar-refractivity contribution in [2.45, 2.75) is 6.61 Å². The van der Waals surface area contributed by atoms with Crippen LogP contribution in [0.3, 0.4) is 0 Å². The summed E-state index contributed by atoms with van der Waals surface area (Å²) in [6.07, 6.45) is 6.19. The third kappa shape index (κ3) is 3.70. The van der Waals surface area contributed by atoms with Gasteiger partial charge in [0.15, 0.2) is 0 Å². The minimum atomic E-state index is 0.0199. The van der Waals surface area contributed by atoms with Crippen molar-refractivity contribution in [3.63, 3.8) is 0 Å². The van der Waals surface area contributed by atoms with Gasteiger partial charge in [-0.25, -0.2) is 4.98 Å². The van der Waals surface area contributed by atoms with Crippen LogP contribution in [0.25, 0.3) is 55.8 Å². The molecule has 0 atom stereocenters. The largest absolute Gasteiger partial charge is 0.392 e. The number of carbonyl (C=O) groups excluding carboxylic acids is 1. The minimum Gasteiger partial charge on any atom is -0.392 e. The third-order valence-corrected chi connectivity index (χ3v) is 6.44. The van der Waals surface area contributed by atoms with E-state index in [0.29, 0.717) is 0 Å². The Bertz CT molecular complexity index is 1730. The van der Waals surface area contributed by atoms with E-state index in [1.807, 2.05) is 48.5 Å². The van der Waals surface area contributed by atoms with Crippen LogP contribution in [0.4, 0.5) is 0 Å². The van der Waals surface area contributed by atoms with E-state index in [9.17, 15) is 9.90 Å². The number of nitrogens with zero attached hydrogens (tertiary/aromatic N) is 2. The van der Waals surface area contributed by atoms with E-state index < -0.39 is 0 Å². The molecule has 0 spiro atoms. The highest BCUT2D eigenvalue weighted by Crippen LogP contribution is 2.36. The van der Waals surface area contributed by atoms with Crippen molar-refractivity contribution >= 4 is 39.7 Å². The number of aliphatic hydroxyl groups excluding tert-OH is 1. The number of aldehydes is 1. The average Bonchev–Trinajstić information content (AvgIpc) is 3.31. The van der Waals surface area contributed by atoms with Gasteiger partial charge in [-0.2, -0.15) is 0 Å². The zero-order valence-corrected chi connectivity index (χ0v) is 18.9. The molecule has 3 aromatic heterocycles. The van der Waals surface area contributed by atoms with Crippen molar-refractivity contribution in [1.82, 2.24) is 9.38 Å². The van der Waals surface area contributed by atoms with Gasteiger partial charge in [-0.05, 0) is 52.6 Å². The summed E-state index contributed by atoms with van der Waals surface area (Å²) in [5.41, 5.74) is 9.15. The van der Waals surface area contributed by atoms with Gasteiger partial charge in [0.25, 0.3) is 0 Å². The van der Waals surface area contributed by atoms with Gasteiger partial charge in [-0.1, -0.05) is 72.8 Å². The van der Waals surface area contributed by atoms with Gasteiger partial charge in [0.1, 0.15) is 6.29 Å². The molecular formula is C31H22N2O2. The molecule has 6 rings (SSSR count). The Morgan fingerprint density at radius 2 is 1.57 bits per heavy atom. The summed E-state index contributed by atoms with van der Waals surface area (Å²) in [4.78, 5) is 15.6. The Labute approximate surface area is 202 Å². The minimum absolute atomic E-state index is 0.0199. The maximum Gasteiger partial charge on any atom is 0.142 e. The van der Waals surface area contributed by atoms with Gasteiger partial charge in [-0.3, -0.25) is 4.79 Å². The fourth-order valence-electron chi connectivity index (χ4n) is 4.68. The molecule has 0 fully saturated rings. The van der Waals surface area contributed by atoms with Gasteiger partial charge < -0.3 is 9.51 Å². The summed E-state index contributed by atoms with van der Waals surface area (Å²) < 4.78 is 2.20. The Balaban J connectivity index is 1.56. The second-order valence-electron chi connectivity index (χ2n) is 8.57. The molecule has 0 aliphatic carbocycles. The molecule has 0 aliphatic rings. The van der Waals surface area contributed by atoms with Crippen molar-refractivity contribution in [2.24, 2.45) is 0 Å². The van der Waals surface area contributed by atoms with Crippen molar-refractivity contribution in [3.05, 3.63) is 114 Å². The molecule has 35 heavy (non-hydrogen) atoms. The molecule has 168 valence electrons. The number of pyridine rings is 2. The molecule has 0 bridgehead atoms. The molecule has 0 unspecified atom stereocenters. The first-order valence-electron chi connectivity index (χ1n) is 11.5. The number of aliphatic hydroxyl groups is 1. The van der Waals surface area contributed by atoms with Gasteiger partial charge in [-0.15, -0.1) is 0 Å². The van der Waals surface area contributed by atoms with E-state index in [1.54, 1.807) is 6.08 Å². The van der Waals surface area contributed by atoms with Crippen LogP contribution in [0.2, 0.25) is 0 Å². The van der Waals surface area contributed by atoms with Crippen LogP contribution < -0.4 is 0 Å². The zero-order chi connectivity index (χ0) is 23.8. The topological polar surface area (TPSA) is 54.6 Å². The van der Waals surface area contributed by atoms with Crippen LogP contribution in [0.5, 0.6) is 0 Å². The highest BCUT2D eigenvalue weighted by atomic mass is 16.3. The van der Waals surface area contributed by atoms with Crippen LogP contribution in [0, 0.1) is 0 Å². The number of fused-ring (bicyclic) bond motifs is 5. The molecule has 4 nitrogen and oxygen atoms in total. The number of hydrogen-bond donors (Lipinski definition) is 1. The average molecular weight is 455 g/mol. The Kier molecular flexibility index (Phi) is 5.21. The normalized spacial score (nSPS) is 11.7. The Morgan fingerprint density at radius 3 is 2.34 bits per heavy atom. The van der Waals surface area contributed by atoms with Crippen molar-refractivity contribution in [1.29, 1.82) is 0 Å². The van der Waals surface area contributed by atoms with Gasteiger partial charge >= 0.3 is 0 Å². The number of allylic oxidation sites excluding steroid dienone is 1. The molecule has 0 saturated carbocycles. The smallest absolute Gasteiger partial charge is 0.142 e. The fraction of sp³-hybridized carbons (Fsp3) is 0.0323. The number of carbonyl (C=O) groups is 1. The number of aromatic nitrogens is 2. The lowest BCUT2D eigenvalue weighted by molar-refractivity contribution is -0.104. The second kappa shape index (κ2) is 8.67. The highest BCUT2D eigenvalue weighted by Gasteiger charge is 2.15. The Morgan fingerprint density at radius 1 is 0.800 bits per heavy atom. The zero-order valence-electron chi connectivity index (χ0n) is 18.9. The second-order valence-corrected chi connectivity index (χ2v) is 8.57. The fourth-order valence-corrected chi connectivity index (χ4v) is 4.68.